The first-order valence-corrected chi connectivity index (χ1v) is 7.92. The molecule has 0 aliphatic carbocycles. The molecule has 0 saturated carbocycles. The minimum atomic E-state index is -3.38. The molecule has 0 N–H and O–H groups in total. The molecule has 5 heteroatoms. The molecule has 1 heterocycles. The van der Waals surface area contributed by atoms with Crippen LogP contribution in [0.2, 0.25) is 0 Å². The minimum Gasteiger partial charge on any atom is -0.453 e. The molecule has 0 unspecified atom stereocenters. The van der Waals surface area contributed by atoms with Gasteiger partial charge in [-0.25, -0.2) is 8.42 Å². The summed E-state index contributed by atoms with van der Waals surface area (Å²) >= 11 is 0. The normalized spacial score (nSPS) is 12.2. The van der Waals surface area contributed by atoms with Gasteiger partial charge in [-0.3, -0.25) is 4.79 Å². The van der Waals surface area contributed by atoms with Gasteiger partial charge in [-0.15, -0.1) is 0 Å². The van der Waals surface area contributed by atoms with Gasteiger partial charge in [-0.05, 0) is 18.1 Å². The van der Waals surface area contributed by atoms with Crippen molar-refractivity contribution in [2.75, 3.05) is 11.5 Å². The summed E-state index contributed by atoms with van der Waals surface area (Å²) in [4.78, 5) is 11.9. The van der Waals surface area contributed by atoms with Crippen molar-refractivity contribution in [3.8, 4) is 0 Å². The first-order valence-electron chi connectivity index (χ1n) is 6.09. The van der Waals surface area contributed by atoms with Crippen molar-refractivity contribution < 1.29 is 17.6 Å². The van der Waals surface area contributed by atoms with E-state index in [0.29, 0.717) is 5.58 Å². The predicted molar refractivity (Wildman–Crippen MR) is 74.0 cm³/mol. The standard InChI is InChI=1S/C14H16O4S/c1-10(2)8-19(16,17)9-12(15)14-7-11-5-3-4-6-13(11)18-14/h3-7,10H,8-9H2,1-2H3. The molecule has 0 saturated heterocycles. The quantitative estimate of drug-likeness (QED) is 0.790. The van der Waals surface area contributed by atoms with E-state index in [9.17, 15) is 13.2 Å². The molecule has 2 rings (SSSR count). The molecule has 0 fully saturated rings. The Morgan fingerprint density at radius 2 is 1.95 bits per heavy atom. The number of para-hydroxylation sites is 1. The molecule has 4 nitrogen and oxygen atoms in total. The summed E-state index contributed by atoms with van der Waals surface area (Å²) in [5.41, 5.74) is 0.590. The average molecular weight is 280 g/mol. The van der Waals surface area contributed by atoms with Crippen LogP contribution in [-0.4, -0.2) is 25.7 Å². The van der Waals surface area contributed by atoms with Gasteiger partial charge >= 0.3 is 0 Å². The van der Waals surface area contributed by atoms with E-state index in [0.717, 1.165) is 5.39 Å². The summed E-state index contributed by atoms with van der Waals surface area (Å²) in [7, 11) is -3.38. The van der Waals surface area contributed by atoms with Crippen LogP contribution in [0.25, 0.3) is 11.0 Å². The Balaban J connectivity index is 2.20. The largest absolute Gasteiger partial charge is 0.453 e. The number of ketones is 1. The van der Waals surface area contributed by atoms with E-state index in [1.165, 1.54) is 0 Å². The van der Waals surface area contributed by atoms with Gasteiger partial charge < -0.3 is 4.42 Å². The van der Waals surface area contributed by atoms with E-state index in [1.54, 1.807) is 18.2 Å². The zero-order valence-electron chi connectivity index (χ0n) is 10.9. The molecular weight excluding hydrogens is 264 g/mol. The van der Waals surface area contributed by atoms with Gasteiger partial charge in [0, 0.05) is 5.39 Å². The molecule has 0 bridgehead atoms. The van der Waals surface area contributed by atoms with E-state index in [-0.39, 0.29) is 17.4 Å². The first-order chi connectivity index (χ1) is 8.87. The highest BCUT2D eigenvalue weighted by atomic mass is 32.2. The molecular formula is C14H16O4S. The summed E-state index contributed by atoms with van der Waals surface area (Å²) in [6.45, 7) is 3.62. The maximum atomic E-state index is 11.9. The number of hydrogen-bond donors (Lipinski definition) is 0. The van der Waals surface area contributed by atoms with Gasteiger partial charge in [0.25, 0.3) is 0 Å². The average Bonchev–Trinajstić information content (AvgIpc) is 2.69. The van der Waals surface area contributed by atoms with Gasteiger partial charge in [0.05, 0.1) is 5.75 Å². The number of rotatable bonds is 5. The lowest BCUT2D eigenvalue weighted by Crippen LogP contribution is -2.21. The summed E-state index contributed by atoms with van der Waals surface area (Å²) < 4.78 is 28.9. The fourth-order valence-electron chi connectivity index (χ4n) is 1.96. The lowest BCUT2D eigenvalue weighted by Gasteiger charge is -2.04. The molecule has 0 amide bonds. The van der Waals surface area contributed by atoms with Crippen molar-refractivity contribution in [3.05, 3.63) is 36.1 Å². The van der Waals surface area contributed by atoms with Crippen molar-refractivity contribution in [3.63, 3.8) is 0 Å². The highest BCUT2D eigenvalue weighted by Crippen LogP contribution is 2.19. The van der Waals surface area contributed by atoms with Crippen LogP contribution < -0.4 is 0 Å². The number of hydrogen-bond acceptors (Lipinski definition) is 4. The number of sulfone groups is 1. The van der Waals surface area contributed by atoms with Crippen LogP contribution in [0.1, 0.15) is 24.4 Å². The van der Waals surface area contributed by atoms with E-state index >= 15 is 0 Å². The minimum absolute atomic E-state index is 0.00785. The van der Waals surface area contributed by atoms with Crippen LogP contribution in [0.3, 0.4) is 0 Å². The summed E-state index contributed by atoms with van der Waals surface area (Å²) in [5, 5.41) is 0.798. The van der Waals surface area contributed by atoms with E-state index in [4.69, 9.17) is 4.42 Å². The lowest BCUT2D eigenvalue weighted by molar-refractivity contribution is 0.0992. The van der Waals surface area contributed by atoms with Crippen molar-refractivity contribution in [2.24, 2.45) is 5.92 Å². The van der Waals surface area contributed by atoms with Crippen LogP contribution in [-0.2, 0) is 9.84 Å². The zero-order valence-corrected chi connectivity index (χ0v) is 11.7. The summed E-state index contributed by atoms with van der Waals surface area (Å²) in [6, 6.07) is 8.78. The number of fused-ring (bicyclic) bond motifs is 1. The molecule has 102 valence electrons. The summed E-state index contributed by atoms with van der Waals surface area (Å²) in [6.07, 6.45) is 0. The van der Waals surface area contributed by atoms with Crippen LogP contribution in [0, 0.1) is 5.92 Å². The Hall–Kier alpha value is -1.62. The van der Waals surface area contributed by atoms with Gasteiger partial charge in [0.15, 0.2) is 15.6 Å². The molecule has 0 spiro atoms. The van der Waals surface area contributed by atoms with Crippen LogP contribution in [0.15, 0.2) is 34.7 Å². The second-order valence-electron chi connectivity index (χ2n) is 5.02. The third kappa shape index (κ3) is 3.44. The third-order valence-corrected chi connectivity index (χ3v) is 4.52. The van der Waals surface area contributed by atoms with E-state index < -0.39 is 21.4 Å². The van der Waals surface area contributed by atoms with Gasteiger partial charge in [-0.2, -0.15) is 0 Å². The Morgan fingerprint density at radius 1 is 1.26 bits per heavy atom. The van der Waals surface area contributed by atoms with Crippen LogP contribution in [0.5, 0.6) is 0 Å². The number of Topliss-reactive ketones (excluding diaryl/α,β-unsaturated/α-hetero) is 1. The SMILES string of the molecule is CC(C)CS(=O)(=O)CC(=O)c1cc2ccccc2o1. The van der Waals surface area contributed by atoms with Crippen LogP contribution in [0.4, 0.5) is 0 Å². The number of carbonyl (C=O) groups excluding carboxylic acids is 1. The maximum absolute atomic E-state index is 11.9. The third-order valence-electron chi connectivity index (χ3n) is 2.64. The Bertz CT molecular complexity index is 662. The van der Waals surface area contributed by atoms with Gasteiger partial charge in [0.2, 0.25) is 5.78 Å². The highest BCUT2D eigenvalue weighted by molar-refractivity contribution is 7.92. The van der Waals surface area contributed by atoms with Crippen molar-refractivity contribution in [1.29, 1.82) is 0 Å². The number of carbonyl (C=O) groups is 1. The summed E-state index contributed by atoms with van der Waals surface area (Å²) in [5.74, 6) is -0.858. The molecule has 1 aromatic carbocycles. The van der Waals surface area contributed by atoms with Crippen molar-refractivity contribution in [2.45, 2.75) is 13.8 Å². The van der Waals surface area contributed by atoms with Gasteiger partial charge in [0.1, 0.15) is 11.3 Å². The number of furan rings is 1. The molecule has 1 aromatic heterocycles. The second kappa shape index (κ2) is 5.17. The van der Waals surface area contributed by atoms with E-state index in [2.05, 4.69) is 0 Å². The number of benzene rings is 1. The second-order valence-corrected chi connectivity index (χ2v) is 7.13. The Morgan fingerprint density at radius 3 is 2.58 bits per heavy atom. The molecule has 0 aliphatic heterocycles. The molecule has 2 aromatic rings. The van der Waals surface area contributed by atoms with Crippen LogP contribution >= 0.6 is 0 Å². The molecule has 0 radical (unpaired) electrons. The maximum Gasteiger partial charge on any atom is 0.213 e. The fraction of sp³-hybridized carbons (Fsp3) is 0.357. The van der Waals surface area contributed by atoms with Gasteiger partial charge in [-0.1, -0.05) is 32.0 Å². The van der Waals surface area contributed by atoms with E-state index in [1.807, 2.05) is 26.0 Å². The zero-order chi connectivity index (χ0) is 14.0. The molecule has 0 aliphatic rings. The van der Waals surface area contributed by atoms with Crippen molar-refractivity contribution >= 4 is 26.6 Å². The highest BCUT2D eigenvalue weighted by Gasteiger charge is 2.21. The topological polar surface area (TPSA) is 64.3 Å². The predicted octanol–water partition coefficient (Wildman–Crippen LogP) is 2.69. The monoisotopic (exact) mass is 280 g/mol. The molecule has 0 atom stereocenters. The fourth-order valence-corrected chi connectivity index (χ4v) is 3.63. The molecule has 19 heavy (non-hydrogen) atoms. The smallest absolute Gasteiger partial charge is 0.213 e. The Kier molecular flexibility index (Phi) is 3.75. The Labute approximate surface area is 112 Å². The first kappa shape index (κ1) is 13.8. The lowest BCUT2D eigenvalue weighted by atomic mass is 10.2. The van der Waals surface area contributed by atoms with Crippen molar-refractivity contribution in [1.82, 2.24) is 0 Å².